The summed E-state index contributed by atoms with van der Waals surface area (Å²) in [5.41, 5.74) is 0. The smallest absolute Gasteiger partial charge is 0.305 e. The molecule has 1 amide bonds. The third-order valence-electron chi connectivity index (χ3n) is 18.3. The molecule has 0 aliphatic heterocycles. The first kappa shape index (κ1) is 85.6. The molecule has 0 aromatic heterocycles. The van der Waals surface area contributed by atoms with Crippen LogP contribution in [0.25, 0.3) is 0 Å². The van der Waals surface area contributed by atoms with Crippen molar-refractivity contribution in [2.75, 3.05) is 13.2 Å². The minimum atomic E-state index is -0.848. The highest BCUT2D eigenvalue weighted by Gasteiger charge is 2.18. The number of ether oxygens (including phenoxy) is 1. The van der Waals surface area contributed by atoms with Crippen molar-refractivity contribution in [3.05, 3.63) is 60.8 Å². The van der Waals surface area contributed by atoms with Crippen LogP contribution in [0.3, 0.4) is 0 Å². The maximum absolute atomic E-state index is 12.6. The number of esters is 1. The molecule has 6 nitrogen and oxygen atoms in total. The van der Waals surface area contributed by atoms with Crippen LogP contribution in [0.1, 0.15) is 425 Å². The number of allylic oxidation sites excluding steroid dienone is 9. The largest absolute Gasteiger partial charge is 0.466 e. The predicted octanol–water partition coefficient (Wildman–Crippen LogP) is 26.2. The number of rotatable bonds is 74. The van der Waals surface area contributed by atoms with Crippen LogP contribution in [0.4, 0.5) is 0 Å². The summed E-state index contributed by atoms with van der Waals surface area (Å²) in [6, 6.07) is -0.632. The van der Waals surface area contributed by atoms with Crippen molar-refractivity contribution in [3.63, 3.8) is 0 Å². The Morgan fingerprint density at radius 3 is 0.875 bits per heavy atom. The van der Waals surface area contributed by atoms with Crippen LogP contribution in [-0.4, -0.2) is 47.4 Å². The molecular formula is C82H153NO5. The number of hydrogen-bond acceptors (Lipinski definition) is 5. The van der Waals surface area contributed by atoms with Crippen molar-refractivity contribution in [2.24, 2.45) is 0 Å². The second-order valence-electron chi connectivity index (χ2n) is 27.0. The Morgan fingerprint density at radius 1 is 0.318 bits per heavy atom. The zero-order valence-corrected chi connectivity index (χ0v) is 59.2. The molecule has 0 bridgehead atoms. The maximum Gasteiger partial charge on any atom is 0.305 e. The molecule has 2 atom stereocenters. The Kier molecular flexibility index (Phi) is 74.9. The molecule has 3 N–H and O–H groups in total. The molecule has 6 heteroatoms. The molecule has 0 aliphatic carbocycles. The molecule has 0 radical (unpaired) electrons. The van der Waals surface area contributed by atoms with E-state index in [2.05, 4.69) is 67.8 Å². The molecular weight excluding hydrogens is 1080 g/mol. The van der Waals surface area contributed by atoms with Crippen LogP contribution in [0, 0.1) is 0 Å². The highest BCUT2D eigenvalue weighted by molar-refractivity contribution is 5.76. The van der Waals surface area contributed by atoms with Crippen LogP contribution in [0.15, 0.2) is 60.8 Å². The second-order valence-corrected chi connectivity index (χ2v) is 27.0. The van der Waals surface area contributed by atoms with Crippen LogP contribution < -0.4 is 5.32 Å². The van der Waals surface area contributed by atoms with E-state index >= 15 is 0 Å². The molecule has 0 saturated heterocycles. The van der Waals surface area contributed by atoms with Gasteiger partial charge in [0.25, 0.3) is 0 Å². The van der Waals surface area contributed by atoms with Gasteiger partial charge in [-0.05, 0) is 96.3 Å². The van der Waals surface area contributed by atoms with Gasteiger partial charge in [0.2, 0.25) is 5.91 Å². The van der Waals surface area contributed by atoms with E-state index in [0.29, 0.717) is 19.4 Å². The number of aliphatic hydroxyl groups excluding tert-OH is 2. The minimum Gasteiger partial charge on any atom is -0.466 e. The number of unbranched alkanes of at least 4 members (excludes halogenated alkanes) is 55. The Morgan fingerprint density at radius 2 is 0.568 bits per heavy atom. The lowest BCUT2D eigenvalue weighted by Gasteiger charge is -2.20. The number of amides is 1. The van der Waals surface area contributed by atoms with Gasteiger partial charge >= 0.3 is 5.97 Å². The van der Waals surface area contributed by atoms with Crippen molar-refractivity contribution in [1.82, 2.24) is 5.32 Å². The average molecular weight is 1230 g/mol. The summed E-state index contributed by atoms with van der Waals surface area (Å²) in [5, 5.41) is 23.3. The van der Waals surface area contributed by atoms with Crippen molar-refractivity contribution >= 4 is 11.9 Å². The van der Waals surface area contributed by atoms with Crippen molar-refractivity contribution < 1.29 is 24.5 Å². The molecule has 0 heterocycles. The van der Waals surface area contributed by atoms with E-state index in [1.165, 1.54) is 340 Å². The first-order valence-electron chi connectivity index (χ1n) is 39.6. The fourth-order valence-electron chi connectivity index (χ4n) is 12.2. The maximum atomic E-state index is 12.6. The third-order valence-corrected chi connectivity index (χ3v) is 18.3. The summed E-state index contributed by atoms with van der Waals surface area (Å²) < 4.78 is 5.50. The quantitative estimate of drug-likeness (QED) is 0.0320. The lowest BCUT2D eigenvalue weighted by Crippen LogP contribution is -2.45. The van der Waals surface area contributed by atoms with Crippen molar-refractivity contribution in [2.45, 2.75) is 437 Å². The van der Waals surface area contributed by atoms with Gasteiger partial charge in [-0.25, -0.2) is 0 Å². The van der Waals surface area contributed by atoms with Crippen molar-refractivity contribution in [3.8, 4) is 0 Å². The van der Waals surface area contributed by atoms with E-state index in [0.717, 1.165) is 57.8 Å². The zero-order valence-electron chi connectivity index (χ0n) is 59.2. The number of nitrogens with one attached hydrogen (secondary N) is 1. The number of carbonyl (C=O) groups is 2. The summed E-state index contributed by atoms with van der Waals surface area (Å²) in [6.07, 6.45) is 103. The van der Waals surface area contributed by atoms with Crippen LogP contribution in [0.2, 0.25) is 0 Å². The average Bonchev–Trinajstić information content (AvgIpc) is 3.58. The number of carbonyl (C=O) groups excluding carboxylic acids is 2. The van der Waals surface area contributed by atoms with E-state index in [1.807, 2.05) is 6.08 Å². The molecule has 0 rings (SSSR count). The van der Waals surface area contributed by atoms with Crippen molar-refractivity contribution in [1.29, 1.82) is 0 Å². The molecule has 0 spiro atoms. The van der Waals surface area contributed by atoms with E-state index in [4.69, 9.17) is 4.74 Å². The van der Waals surface area contributed by atoms with Gasteiger partial charge in [-0.1, -0.05) is 376 Å². The van der Waals surface area contributed by atoms with Gasteiger partial charge in [0.1, 0.15) is 0 Å². The van der Waals surface area contributed by atoms with E-state index < -0.39 is 12.1 Å². The Bertz CT molecular complexity index is 1520. The highest BCUT2D eigenvalue weighted by Crippen LogP contribution is 2.19. The van der Waals surface area contributed by atoms with Gasteiger partial charge in [0, 0.05) is 12.8 Å². The van der Waals surface area contributed by atoms with E-state index in [9.17, 15) is 19.8 Å². The first-order valence-corrected chi connectivity index (χ1v) is 39.6. The van der Waals surface area contributed by atoms with Crippen LogP contribution in [0.5, 0.6) is 0 Å². The number of hydrogen-bond donors (Lipinski definition) is 3. The molecule has 88 heavy (non-hydrogen) atoms. The van der Waals surface area contributed by atoms with E-state index in [-0.39, 0.29) is 18.5 Å². The molecule has 0 aromatic carbocycles. The summed E-state index contributed by atoms with van der Waals surface area (Å²) in [6.45, 7) is 4.92. The monoisotopic (exact) mass is 1230 g/mol. The fourth-order valence-corrected chi connectivity index (χ4v) is 12.2. The Hall–Kier alpha value is -2.44. The predicted molar refractivity (Wildman–Crippen MR) is 389 cm³/mol. The Labute approximate surface area is 549 Å². The standard InChI is InChI=1S/C82H153NO5/c1-3-5-7-9-11-13-15-17-19-21-23-24-25-33-36-39-42-46-50-54-58-62-66-70-74-80(85)79(78-84)83-81(86)75-71-67-63-59-55-51-47-43-40-37-34-31-29-27-26-28-30-32-35-38-41-45-49-53-57-61-65-69-73-77-88-82(87)76-72-68-64-60-56-52-48-44-22-20-18-16-14-12-10-8-6-4-2/h14,16,20,22,26,28,32,35,70,74,79-80,84-85H,3-13,15,17-19,21,23-25,27,29-31,33-34,36-69,71-73,75-78H2,1-2H3,(H,83,86)/b16-14-,22-20-,28-26-,35-32-,74-70+. The molecule has 0 fully saturated rings. The lowest BCUT2D eigenvalue weighted by atomic mass is 10.0. The van der Waals surface area contributed by atoms with Gasteiger partial charge < -0.3 is 20.3 Å². The lowest BCUT2D eigenvalue weighted by molar-refractivity contribution is -0.143. The van der Waals surface area contributed by atoms with Crippen LogP contribution >= 0.6 is 0 Å². The van der Waals surface area contributed by atoms with Crippen LogP contribution in [-0.2, 0) is 14.3 Å². The molecule has 2 unspecified atom stereocenters. The topological polar surface area (TPSA) is 95.9 Å². The van der Waals surface area contributed by atoms with Gasteiger partial charge in [-0.2, -0.15) is 0 Å². The van der Waals surface area contributed by atoms with Gasteiger partial charge in [0.15, 0.2) is 0 Å². The van der Waals surface area contributed by atoms with Gasteiger partial charge in [-0.15, -0.1) is 0 Å². The van der Waals surface area contributed by atoms with Gasteiger partial charge in [0.05, 0.1) is 25.4 Å². The second kappa shape index (κ2) is 77.0. The Balaban J connectivity index is 3.43. The summed E-state index contributed by atoms with van der Waals surface area (Å²) in [4.78, 5) is 24.7. The third kappa shape index (κ3) is 72.6. The molecule has 0 aliphatic rings. The summed E-state index contributed by atoms with van der Waals surface area (Å²) in [7, 11) is 0. The SMILES string of the molecule is CCCCCC/C=C\C/C=C\CCCCCCCCCC(=O)OCCCCCCCCCCC/C=C\C/C=C\CCCCCCCCCCCCCCCC(=O)NC(CO)C(O)/C=C/CCCCCCCCCCCCCCCCCCCCCCCC. The first-order chi connectivity index (χ1) is 43.5. The summed E-state index contributed by atoms with van der Waals surface area (Å²) >= 11 is 0. The molecule has 516 valence electrons. The summed E-state index contributed by atoms with van der Waals surface area (Å²) in [5.74, 6) is -0.0604. The normalized spacial score (nSPS) is 12.8. The molecule has 0 aromatic rings. The van der Waals surface area contributed by atoms with Gasteiger partial charge in [-0.3, -0.25) is 9.59 Å². The number of aliphatic hydroxyl groups is 2. The fraction of sp³-hybridized carbons (Fsp3) is 0.854. The van der Waals surface area contributed by atoms with E-state index in [1.54, 1.807) is 6.08 Å². The molecule has 0 saturated carbocycles. The zero-order chi connectivity index (χ0) is 63.5. The minimum absolute atomic E-state index is 0.00463. The highest BCUT2D eigenvalue weighted by atomic mass is 16.5.